The van der Waals surface area contributed by atoms with Gasteiger partial charge in [0.15, 0.2) is 0 Å². The molecule has 6 nitrogen and oxygen atoms in total. The van der Waals surface area contributed by atoms with Crippen molar-refractivity contribution in [3.05, 3.63) is 250 Å². The first-order valence-electron chi connectivity index (χ1n) is 22.3. The highest BCUT2D eigenvalue weighted by molar-refractivity contribution is 6.19. The van der Waals surface area contributed by atoms with E-state index in [9.17, 15) is 0 Å². The summed E-state index contributed by atoms with van der Waals surface area (Å²) in [7, 11) is 0. The molecule has 4 heterocycles. The molecule has 0 aliphatic carbocycles. The summed E-state index contributed by atoms with van der Waals surface area (Å²) in [6.45, 7) is 0. The molecule has 0 aliphatic heterocycles. The molecule has 0 spiro atoms. The zero-order valence-electron chi connectivity index (χ0n) is 35.9. The Hall–Kier alpha value is -9.00. The topological polar surface area (TPSA) is 34.4 Å². The molecule has 9 aromatic carbocycles. The zero-order chi connectivity index (χ0) is 43.6. The monoisotopic (exact) mass is 845 g/mol. The van der Waals surface area contributed by atoms with Crippen molar-refractivity contribution in [2.75, 3.05) is 0 Å². The SMILES string of the molecule is c1ccc(-c2ccc(-[n+]3c[n+](-c4ccc(-c5ccccc5)cc4)c[n+](-c4ccc(-n5c6ccccc6c6cc7c8ccccc8n(-c8ccc9ccccc9c8)c7cc65)nc4)c3)cc2)cc1. The molecule has 0 bridgehead atoms. The van der Waals surface area contributed by atoms with Gasteiger partial charge in [-0.15, -0.1) is 0 Å². The molecule has 0 fully saturated rings. The van der Waals surface area contributed by atoms with Crippen molar-refractivity contribution in [2.24, 2.45) is 0 Å². The predicted octanol–water partition coefficient (Wildman–Crippen LogP) is 12.6. The van der Waals surface area contributed by atoms with Gasteiger partial charge in [-0.25, -0.2) is 4.98 Å². The number of para-hydroxylation sites is 2. The minimum absolute atomic E-state index is 0.850. The maximum absolute atomic E-state index is 5.25. The lowest BCUT2D eigenvalue weighted by Gasteiger charge is -2.10. The number of hydrogen-bond acceptors (Lipinski definition) is 1. The lowest BCUT2D eigenvalue weighted by atomic mass is 10.1. The van der Waals surface area contributed by atoms with Crippen LogP contribution in [0.4, 0.5) is 0 Å². The van der Waals surface area contributed by atoms with Gasteiger partial charge in [-0.3, -0.25) is 4.57 Å². The Bertz CT molecular complexity index is 3850. The molecule has 6 heteroatoms. The number of hydrogen-bond donors (Lipinski definition) is 0. The Morgan fingerprint density at radius 2 is 0.773 bits per heavy atom. The quantitative estimate of drug-likeness (QED) is 0.147. The van der Waals surface area contributed by atoms with Gasteiger partial charge in [0.25, 0.3) is 0 Å². The molecule has 0 amide bonds. The average Bonchev–Trinajstić information content (AvgIpc) is 3.90. The third-order valence-electron chi connectivity index (χ3n) is 13.0. The second kappa shape index (κ2) is 15.4. The largest absolute Gasteiger partial charge is 0.428 e. The summed E-state index contributed by atoms with van der Waals surface area (Å²) in [6, 6.07) is 80.3. The molecular formula is C60H41N6+3. The smallest absolute Gasteiger partial charge is 0.309 e. The predicted molar refractivity (Wildman–Crippen MR) is 266 cm³/mol. The van der Waals surface area contributed by atoms with E-state index < -0.39 is 0 Å². The minimum Gasteiger partial charge on any atom is -0.309 e. The van der Waals surface area contributed by atoms with Crippen molar-refractivity contribution in [1.29, 1.82) is 0 Å². The number of fused-ring (bicyclic) bond motifs is 7. The summed E-state index contributed by atoms with van der Waals surface area (Å²) < 4.78 is 11.2. The molecule has 0 saturated carbocycles. The van der Waals surface area contributed by atoms with E-state index in [1.54, 1.807) is 0 Å². The van der Waals surface area contributed by atoms with Crippen LogP contribution >= 0.6 is 0 Å². The van der Waals surface area contributed by atoms with E-state index in [0.717, 1.165) is 45.1 Å². The van der Waals surface area contributed by atoms with Crippen LogP contribution in [-0.2, 0) is 0 Å². The first kappa shape index (κ1) is 37.5. The van der Waals surface area contributed by atoms with Crippen LogP contribution in [0.3, 0.4) is 0 Å². The number of pyridine rings is 1. The van der Waals surface area contributed by atoms with Crippen molar-refractivity contribution >= 4 is 54.4 Å². The van der Waals surface area contributed by atoms with Crippen LogP contribution in [-0.4, -0.2) is 14.1 Å². The van der Waals surface area contributed by atoms with Crippen LogP contribution in [0.2, 0.25) is 0 Å². The van der Waals surface area contributed by atoms with Crippen molar-refractivity contribution in [3.8, 4) is 50.8 Å². The maximum Gasteiger partial charge on any atom is 0.428 e. The number of benzene rings is 9. The van der Waals surface area contributed by atoms with E-state index in [2.05, 4.69) is 266 Å². The van der Waals surface area contributed by atoms with Crippen LogP contribution in [0.5, 0.6) is 0 Å². The standard InChI is InChI=1S/C60H41N6/c1-3-13-42(14-4-1)45-23-28-48(29-24-45)62-39-63(49-30-25-46(26-31-49)43-15-5-2-6-16-43)41-64(40-62)51-33-34-60(61-38-51)66-57-22-12-10-20-53(57)55-36-54-52-19-9-11-21-56(52)65(58(54)37-59(55)66)50-32-27-44-17-7-8-18-47(44)35-50/h1-41H/q+3. The number of nitrogens with zero attached hydrogens (tertiary/aromatic N) is 6. The average molecular weight is 846 g/mol. The first-order valence-corrected chi connectivity index (χ1v) is 22.3. The van der Waals surface area contributed by atoms with Gasteiger partial charge >= 0.3 is 19.0 Å². The molecule has 0 saturated heterocycles. The van der Waals surface area contributed by atoms with Gasteiger partial charge in [0.2, 0.25) is 17.1 Å². The van der Waals surface area contributed by atoms with Crippen LogP contribution < -0.4 is 13.7 Å². The Morgan fingerprint density at radius 3 is 1.35 bits per heavy atom. The van der Waals surface area contributed by atoms with Crippen molar-refractivity contribution < 1.29 is 13.7 Å². The van der Waals surface area contributed by atoms with E-state index in [-0.39, 0.29) is 0 Å². The summed E-state index contributed by atoms with van der Waals surface area (Å²) in [5.41, 5.74) is 13.4. The van der Waals surface area contributed by atoms with Gasteiger partial charge in [0, 0.05) is 57.6 Å². The fourth-order valence-electron chi connectivity index (χ4n) is 9.74. The third-order valence-corrected chi connectivity index (χ3v) is 13.0. The first-order chi connectivity index (χ1) is 32.7. The Morgan fingerprint density at radius 1 is 0.303 bits per heavy atom. The lowest BCUT2D eigenvalue weighted by Crippen LogP contribution is -2.55. The molecule has 13 rings (SSSR count). The normalized spacial score (nSPS) is 11.6. The van der Waals surface area contributed by atoms with Crippen molar-refractivity contribution in [1.82, 2.24) is 14.1 Å². The van der Waals surface area contributed by atoms with Crippen LogP contribution in [0.25, 0.3) is 105 Å². The number of rotatable bonds is 7. The minimum atomic E-state index is 0.850. The second-order valence-electron chi connectivity index (χ2n) is 16.9. The molecule has 4 aromatic heterocycles. The fraction of sp³-hybridized carbons (Fsp3) is 0. The van der Waals surface area contributed by atoms with Gasteiger partial charge in [0.05, 0.1) is 22.1 Å². The summed E-state index contributed by atoms with van der Waals surface area (Å²) in [5.74, 6) is 0.850. The third kappa shape index (κ3) is 6.34. The Balaban J connectivity index is 0.945. The Kier molecular flexibility index (Phi) is 8.74. The zero-order valence-corrected chi connectivity index (χ0v) is 35.9. The van der Waals surface area contributed by atoms with Gasteiger partial charge < -0.3 is 4.57 Å². The van der Waals surface area contributed by atoms with E-state index >= 15 is 0 Å². The molecule has 66 heavy (non-hydrogen) atoms. The molecule has 0 atom stereocenters. The maximum atomic E-state index is 5.25. The van der Waals surface area contributed by atoms with E-state index in [1.165, 1.54) is 60.1 Å². The fourth-order valence-corrected chi connectivity index (χ4v) is 9.74. The van der Waals surface area contributed by atoms with Crippen molar-refractivity contribution in [3.63, 3.8) is 0 Å². The second-order valence-corrected chi connectivity index (χ2v) is 16.9. The molecule has 0 radical (unpaired) electrons. The van der Waals surface area contributed by atoms with Gasteiger partial charge in [-0.05, 0) is 99.8 Å². The van der Waals surface area contributed by atoms with Gasteiger partial charge in [-0.2, -0.15) is 0 Å². The molecule has 0 unspecified atom stereocenters. The summed E-state index contributed by atoms with van der Waals surface area (Å²) in [6.07, 6.45) is 8.34. The van der Waals surface area contributed by atoms with Crippen LogP contribution in [0, 0.1) is 0 Å². The van der Waals surface area contributed by atoms with Crippen LogP contribution in [0.15, 0.2) is 250 Å². The summed E-state index contributed by atoms with van der Waals surface area (Å²) >= 11 is 0. The van der Waals surface area contributed by atoms with E-state index in [1.807, 2.05) is 6.20 Å². The highest BCUT2D eigenvalue weighted by atomic mass is 15.2. The summed E-state index contributed by atoms with van der Waals surface area (Å²) in [4.78, 5) is 5.25. The molecule has 308 valence electrons. The highest BCUT2D eigenvalue weighted by Crippen LogP contribution is 2.39. The van der Waals surface area contributed by atoms with Crippen molar-refractivity contribution in [2.45, 2.75) is 0 Å². The molecule has 0 aliphatic rings. The number of aromatic nitrogens is 6. The Labute approximate surface area is 381 Å². The lowest BCUT2D eigenvalue weighted by molar-refractivity contribution is -0.858. The van der Waals surface area contributed by atoms with Gasteiger partial charge in [0.1, 0.15) is 12.0 Å². The highest BCUT2D eigenvalue weighted by Gasteiger charge is 2.26. The molecular weight excluding hydrogens is 805 g/mol. The van der Waals surface area contributed by atoms with E-state index in [4.69, 9.17) is 4.98 Å². The van der Waals surface area contributed by atoms with E-state index in [0.29, 0.717) is 0 Å². The molecule has 13 aromatic rings. The van der Waals surface area contributed by atoms with Gasteiger partial charge in [-0.1, -0.05) is 141 Å². The summed E-state index contributed by atoms with van der Waals surface area (Å²) in [5, 5.41) is 7.29. The van der Waals surface area contributed by atoms with Crippen LogP contribution in [0.1, 0.15) is 0 Å². The molecule has 0 N–H and O–H groups in total.